The number of hydrogen-bond donors (Lipinski definition) is 0. The number of methoxy groups -OCH3 is 2. The predicted molar refractivity (Wildman–Crippen MR) is 105 cm³/mol. The van der Waals surface area contributed by atoms with E-state index >= 15 is 0 Å². The van der Waals surface area contributed by atoms with E-state index in [0.29, 0.717) is 23.3 Å². The Morgan fingerprint density at radius 3 is 2.56 bits per heavy atom. The summed E-state index contributed by atoms with van der Waals surface area (Å²) in [4.78, 5) is 22.4. The van der Waals surface area contributed by atoms with Crippen LogP contribution >= 0.6 is 0 Å². The first kappa shape index (κ1) is 22.0. The molecule has 0 aromatic heterocycles. The zero-order chi connectivity index (χ0) is 20.2. The molecule has 1 rings (SSSR count). The smallest absolute Gasteiger partial charge is 0.341 e. The number of allylic oxidation sites excluding steroid dienone is 1. The van der Waals surface area contributed by atoms with E-state index in [9.17, 15) is 4.79 Å². The summed E-state index contributed by atoms with van der Waals surface area (Å²) < 4.78 is 9.86. The van der Waals surface area contributed by atoms with Crippen LogP contribution in [0.15, 0.2) is 53.0 Å². The quantitative estimate of drug-likeness (QED) is 0.155. The van der Waals surface area contributed by atoms with Crippen LogP contribution in [0.5, 0.6) is 0 Å². The molecule has 0 bridgehead atoms. The van der Waals surface area contributed by atoms with Gasteiger partial charge in [-0.2, -0.15) is 0 Å². The lowest BCUT2D eigenvalue weighted by molar-refractivity contribution is -0.133. The predicted octanol–water partition coefficient (Wildman–Crippen LogP) is 3.88. The minimum atomic E-state index is -0.504. The van der Waals surface area contributed by atoms with Gasteiger partial charge in [-0.3, -0.25) is 0 Å². The summed E-state index contributed by atoms with van der Waals surface area (Å²) in [7, 11) is 4.24. The third-order valence-corrected chi connectivity index (χ3v) is 3.44. The van der Waals surface area contributed by atoms with Gasteiger partial charge in [-0.05, 0) is 19.4 Å². The van der Waals surface area contributed by atoms with Crippen molar-refractivity contribution in [2.45, 2.75) is 26.4 Å². The SMILES string of the molecule is C=C(C)CC(C=NOC(C)c1ccccc1C(=COC)C(=O)OC)=NOC. The minimum Gasteiger partial charge on any atom is -0.503 e. The molecular weight excluding hydrogens is 348 g/mol. The summed E-state index contributed by atoms with van der Waals surface area (Å²) in [6.07, 6.45) is 2.91. The lowest BCUT2D eigenvalue weighted by atomic mass is 9.97. The number of rotatable bonds is 10. The molecule has 146 valence electrons. The monoisotopic (exact) mass is 374 g/mol. The van der Waals surface area contributed by atoms with Crippen LogP contribution < -0.4 is 0 Å². The van der Waals surface area contributed by atoms with Gasteiger partial charge in [0.25, 0.3) is 0 Å². The van der Waals surface area contributed by atoms with E-state index < -0.39 is 12.1 Å². The average Bonchev–Trinajstić information content (AvgIpc) is 2.65. The van der Waals surface area contributed by atoms with Crippen LogP contribution in [-0.4, -0.2) is 39.2 Å². The number of ether oxygens (including phenoxy) is 2. The summed E-state index contributed by atoms with van der Waals surface area (Å²) in [6, 6.07) is 7.31. The molecule has 1 unspecified atom stereocenters. The molecule has 0 N–H and O–H groups in total. The molecule has 0 radical (unpaired) electrons. The van der Waals surface area contributed by atoms with Crippen molar-refractivity contribution < 1.29 is 23.9 Å². The maximum atomic E-state index is 12.1. The molecule has 0 saturated heterocycles. The summed E-state index contributed by atoms with van der Waals surface area (Å²) in [5.74, 6) is -0.504. The van der Waals surface area contributed by atoms with E-state index in [1.54, 1.807) is 6.07 Å². The molecule has 0 aliphatic rings. The van der Waals surface area contributed by atoms with E-state index in [1.807, 2.05) is 32.0 Å². The zero-order valence-corrected chi connectivity index (χ0v) is 16.4. The lowest BCUT2D eigenvalue weighted by Gasteiger charge is -2.16. The van der Waals surface area contributed by atoms with Gasteiger partial charge in [0, 0.05) is 12.0 Å². The van der Waals surface area contributed by atoms with Crippen molar-refractivity contribution >= 4 is 23.5 Å². The van der Waals surface area contributed by atoms with Gasteiger partial charge >= 0.3 is 5.97 Å². The standard InChI is InChI=1S/C20H26N2O5/c1-14(2)11-16(22-26-6)12-21-27-15(3)17-9-7-8-10-18(17)19(13-24-4)20(23)25-5/h7-10,12-13,15H,1,11H2,2-6H3. The highest BCUT2D eigenvalue weighted by atomic mass is 16.6. The van der Waals surface area contributed by atoms with Gasteiger partial charge in [0.15, 0.2) is 0 Å². The van der Waals surface area contributed by atoms with Gasteiger partial charge in [0.05, 0.1) is 26.7 Å². The number of carbonyl (C=O) groups excluding carboxylic acids is 1. The zero-order valence-electron chi connectivity index (χ0n) is 16.4. The number of esters is 1. The number of benzene rings is 1. The second kappa shape index (κ2) is 11.5. The number of oxime groups is 2. The Labute approximate surface area is 159 Å². The van der Waals surface area contributed by atoms with Crippen LogP contribution in [0.25, 0.3) is 5.57 Å². The van der Waals surface area contributed by atoms with Crippen molar-refractivity contribution in [2.24, 2.45) is 10.3 Å². The van der Waals surface area contributed by atoms with Crippen LogP contribution in [0, 0.1) is 0 Å². The first-order valence-electron chi connectivity index (χ1n) is 8.28. The third-order valence-electron chi connectivity index (χ3n) is 3.44. The third kappa shape index (κ3) is 6.97. The van der Waals surface area contributed by atoms with Crippen molar-refractivity contribution in [3.05, 3.63) is 53.8 Å². The fourth-order valence-corrected chi connectivity index (χ4v) is 2.31. The first-order chi connectivity index (χ1) is 12.9. The molecule has 7 heteroatoms. The fourth-order valence-electron chi connectivity index (χ4n) is 2.31. The molecule has 7 nitrogen and oxygen atoms in total. The molecule has 0 aliphatic heterocycles. The Morgan fingerprint density at radius 1 is 1.26 bits per heavy atom. The van der Waals surface area contributed by atoms with Gasteiger partial charge in [-0.1, -0.05) is 46.7 Å². The van der Waals surface area contributed by atoms with E-state index in [0.717, 1.165) is 11.1 Å². The normalized spacial score (nSPS) is 13.2. The first-order valence-corrected chi connectivity index (χ1v) is 8.28. The lowest BCUT2D eigenvalue weighted by Crippen LogP contribution is -2.09. The molecule has 0 fully saturated rings. The Bertz CT molecular complexity index is 738. The molecule has 0 saturated carbocycles. The average molecular weight is 374 g/mol. The summed E-state index contributed by atoms with van der Waals surface area (Å²) in [5, 5.41) is 7.87. The van der Waals surface area contributed by atoms with Crippen molar-refractivity contribution in [1.29, 1.82) is 0 Å². The van der Waals surface area contributed by atoms with Crippen LogP contribution in [0.4, 0.5) is 0 Å². The molecule has 0 heterocycles. The Kier molecular flexibility index (Phi) is 9.36. The van der Waals surface area contributed by atoms with Crippen molar-refractivity contribution in [1.82, 2.24) is 0 Å². The number of nitrogens with zero attached hydrogens (tertiary/aromatic N) is 2. The molecular formula is C20H26N2O5. The minimum absolute atomic E-state index is 0.291. The highest BCUT2D eigenvalue weighted by molar-refractivity contribution is 6.30. The largest absolute Gasteiger partial charge is 0.503 e. The maximum Gasteiger partial charge on any atom is 0.341 e. The maximum absolute atomic E-state index is 12.1. The van der Waals surface area contributed by atoms with Crippen LogP contribution in [0.3, 0.4) is 0 Å². The fraction of sp³-hybridized carbons (Fsp3) is 0.350. The summed E-state index contributed by atoms with van der Waals surface area (Å²) in [6.45, 7) is 7.55. The van der Waals surface area contributed by atoms with Crippen LogP contribution in [0.2, 0.25) is 0 Å². The molecule has 0 spiro atoms. The van der Waals surface area contributed by atoms with E-state index in [-0.39, 0.29) is 0 Å². The topological polar surface area (TPSA) is 78.7 Å². The van der Waals surface area contributed by atoms with Gasteiger partial charge in [-0.15, -0.1) is 0 Å². The molecule has 27 heavy (non-hydrogen) atoms. The molecule has 1 aromatic rings. The Morgan fingerprint density at radius 2 is 1.96 bits per heavy atom. The van der Waals surface area contributed by atoms with Crippen molar-refractivity contribution in [3.63, 3.8) is 0 Å². The van der Waals surface area contributed by atoms with Crippen LogP contribution in [0.1, 0.15) is 37.5 Å². The van der Waals surface area contributed by atoms with Gasteiger partial charge < -0.3 is 19.1 Å². The highest BCUT2D eigenvalue weighted by Crippen LogP contribution is 2.27. The molecule has 1 atom stereocenters. The highest BCUT2D eigenvalue weighted by Gasteiger charge is 2.20. The Balaban J connectivity index is 3.05. The van der Waals surface area contributed by atoms with Gasteiger partial charge in [0.2, 0.25) is 0 Å². The molecule has 0 aliphatic carbocycles. The van der Waals surface area contributed by atoms with Crippen LogP contribution in [-0.2, 0) is 23.9 Å². The van der Waals surface area contributed by atoms with Gasteiger partial charge in [0.1, 0.15) is 24.5 Å². The summed E-state index contributed by atoms with van der Waals surface area (Å²) in [5.41, 5.74) is 3.19. The van der Waals surface area contributed by atoms with E-state index in [2.05, 4.69) is 16.9 Å². The van der Waals surface area contributed by atoms with Crippen molar-refractivity contribution in [2.75, 3.05) is 21.3 Å². The second-order valence-electron chi connectivity index (χ2n) is 5.73. The van der Waals surface area contributed by atoms with E-state index in [4.69, 9.17) is 19.1 Å². The van der Waals surface area contributed by atoms with Crippen molar-refractivity contribution in [3.8, 4) is 0 Å². The number of carbonyl (C=O) groups is 1. The second-order valence-corrected chi connectivity index (χ2v) is 5.73. The Hall–Kier alpha value is -3.09. The van der Waals surface area contributed by atoms with E-state index in [1.165, 1.54) is 33.8 Å². The summed E-state index contributed by atoms with van der Waals surface area (Å²) >= 11 is 0. The number of hydrogen-bond acceptors (Lipinski definition) is 7. The molecule has 0 amide bonds. The molecule has 1 aromatic carbocycles. The van der Waals surface area contributed by atoms with Gasteiger partial charge in [-0.25, -0.2) is 4.79 Å².